The van der Waals surface area contributed by atoms with Crippen molar-refractivity contribution in [3.05, 3.63) is 65.7 Å². The highest BCUT2D eigenvalue weighted by atomic mass is 35.5. The van der Waals surface area contributed by atoms with Gasteiger partial charge in [-0.15, -0.1) is 10.2 Å². The van der Waals surface area contributed by atoms with E-state index in [9.17, 15) is 0 Å². The average molecular weight is 324 g/mol. The lowest BCUT2D eigenvalue weighted by Gasteiger charge is -2.15. The molecule has 0 amide bonds. The number of hydrogen-bond acceptors (Lipinski definition) is 4. The predicted octanol–water partition coefficient (Wildman–Crippen LogP) is 4.10. The molecule has 0 aliphatic carbocycles. The van der Waals surface area contributed by atoms with E-state index in [0.717, 1.165) is 28.1 Å². The quantitative estimate of drug-likeness (QED) is 0.616. The SMILES string of the molecule is CC(Nc1ccnc2ccc(Cl)cc12)c1nnc2ccccn12. The normalized spacial score (nSPS) is 12.6. The van der Waals surface area contributed by atoms with Crippen molar-refractivity contribution in [1.29, 1.82) is 0 Å². The van der Waals surface area contributed by atoms with E-state index in [-0.39, 0.29) is 6.04 Å². The fourth-order valence-electron chi connectivity index (χ4n) is 2.70. The summed E-state index contributed by atoms with van der Waals surface area (Å²) in [6, 6.07) is 13.5. The summed E-state index contributed by atoms with van der Waals surface area (Å²) in [7, 11) is 0. The number of pyridine rings is 2. The van der Waals surface area contributed by atoms with Gasteiger partial charge in [0.15, 0.2) is 11.5 Å². The number of halogens is 1. The highest BCUT2D eigenvalue weighted by Crippen LogP contribution is 2.27. The molecule has 1 unspecified atom stereocenters. The van der Waals surface area contributed by atoms with E-state index in [0.29, 0.717) is 5.02 Å². The Morgan fingerprint density at radius 3 is 2.96 bits per heavy atom. The lowest BCUT2D eigenvalue weighted by Crippen LogP contribution is -2.11. The van der Waals surface area contributed by atoms with Crippen LogP contribution in [0, 0.1) is 0 Å². The lowest BCUT2D eigenvalue weighted by atomic mass is 10.1. The molecule has 1 N–H and O–H groups in total. The summed E-state index contributed by atoms with van der Waals surface area (Å²) in [5, 5.41) is 13.7. The zero-order valence-electron chi connectivity index (χ0n) is 12.4. The van der Waals surface area contributed by atoms with Crippen LogP contribution in [-0.4, -0.2) is 19.6 Å². The van der Waals surface area contributed by atoms with Crippen LogP contribution in [0.25, 0.3) is 16.6 Å². The minimum atomic E-state index is -0.0167. The third-order valence-corrected chi connectivity index (χ3v) is 4.04. The van der Waals surface area contributed by atoms with Crippen LogP contribution in [0.2, 0.25) is 5.02 Å². The van der Waals surface area contributed by atoms with Gasteiger partial charge in [-0.25, -0.2) is 0 Å². The van der Waals surface area contributed by atoms with Crippen molar-refractivity contribution in [1.82, 2.24) is 19.6 Å². The highest BCUT2D eigenvalue weighted by Gasteiger charge is 2.14. The molecule has 0 bridgehead atoms. The van der Waals surface area contributed by atoms with Crippen molar-refractivity contribution in [2.45, 2.75) is 13.0 Å². The maximum absolute atomic E-state index is 6.12. The Hall–Kier alpha value is -2.66. The van der Waals surface area contributed by atoms with Crippen LogP contribution >= 0.6 is 11.6 Å². The molecule has 6 heteroatoms. The van der Waals surface area contributed by atoms with E-state index < -0.39 is 0 Å². The molecule has 114 valence electrons. The first-order valence-electron chi connectivity index (χ1n) is 7.33. The van der Waals surface area contributed by atoms with Gasteiger partial charge in [-0.3, -0.25) is 9.38 Å². The maximum Gasteiger partial charge on any atom is 0.160 e. The van der Waals surface area contributed by atoms with E-state index in [1.165, 1.54) is 0 Å². The molecule has 0 spiro atoms. The summed E-state index contributed by atoms with van der Waals surface area (Å²) in [5.41, 5.74) is 2.70. The van der Waals surface area contributed by atoms with Crippen LogP contribution in [0.5, 0.6) is 0 Å². The number of aromatic nitrogens is 4. The summed E-state index contributed by atoms with van der Waals surface area (Å²) in [6.45, 7) is 2.06. The van der Waals surface area contributed by atoms with Crippen LogP contribution in [0.3, 0.4) is 0 Å². The monoisotopic (exact) mass is 323 g/mol. The van der Waals surface area contributed by atoms with E-state index in [1.54, 1.807) is 6.20 Å². The van der Waals surface area contributed by atoms with Gasteiger partial charge in [-0.2, -0.15) is 0 Å². The van der Waals surface area contributed by atoms with Crippen molar-refractivity contribution in [2.24, 2.45) is 0 Å². The number of nitrogens with zero attached hydrogens (tertiary/aromatic N) is 4. The first-order chi connectivity index (χ1) is 11.2. The minimum absolute atomic E-state index is 0.0167. The number of anilines is 1. The largest absolute Gasteiger partial charge is 0.375 e. The van der Waals surface area contributed by atoms with Crippen LogP contribution in [0.1, 0.15) is 18.8 Å². The molecule has 0 radical (unpaired) electrons. The Balaban J connectivity index is 1.74. The van der Waals surface area contributed by atoms with Crippen LogP contribution in [-0.2, 0) is 0 Å². The minimum Gasteiger partial charge on any atom is -0.375 e. The van der Waals surface area contributed by atoms with Crippen molar-refractivity contribution < 1.29 is 0 Å². The van der Waals surface area contributed by atoms with Gasteiger partial charge in [0.1, 0.15) is 0 Å². The second kappa shape index (κ2) is 5.52. The Labute approximate surface area is 137 Å². The molecule has 3 aromatic heterocycles. The molecule has 0 aliphatic heterocycles. The van der Waals surface area contributed by atoms with Crippen molar-refractivity contribution in [3.63, 3.8) is 0 Å². The van der Waals surface area contributed by atoms with Gasteiger partial charge in [0.2, 0.25) is 0 Å². The molecule has 0 aliphatic rings. The zero-order valence-corrected chi connectivity index (χ0v) is 13.2. The van der Waals surface area contributed by atoms with Gasteiger partial charge in [0.05, 0.1) is 11.6 Å². The summed E-state index contributed by atoms with van der Waals surface area (Å²) in [4.78, 5) is 4.37. The Morgan fingerprint density at radius 1 is 1.13 bits per heavy atom. The molecule has 1 atom stereocenters. The molecular formula is C17H14ClN5. The first kappa shape index (κ1) is 14.0. The molecule has 0 saturated carbocycles. The summed E-state index contributed by atoms with van der Waals surface area (Å²) >= 11 is 6.12. The van der Waals surface area contributed by atoms with E-state index >= 15 is 0 Å². The second-order valence-electron chi connectivity index (χ2n) is 5.37. The molecular weight excluding hydrogens is 310 g/mol. The zero-order chi connectivity index (χ0) is 15.8. The van der Waals surface area contributed by atoms with Crippen LogP contribution < -0.4 is 5.32 Å². The fourth-order valence-corrected chi connectivity index (χ4v) is 2.87. The summed E-state index contributed by atoms with van der Waals surface area (Å²) in [5.74, 6) is 0.854. The van der Waals surface area contributed by atoms with Crippen LogP contribution in [0.4, 0.5) is 5.69 Å². The standard InChI is InChI=1S/C17H14ClN5/c1-11(17-22-21-16-4-2-3-9-23(16)17)20-15-7-8-19-14-6-5-12(18)10-13(14)15/h2-11H,1H3,(H,19,20). The van der Waals surface area contributed by atoms with Crippen molar-refractivity contribution in [3.8, 4) is 0 Å². The smallest absolute Gasteiger partial charge is 0.160 e. The van der Waals surface area contributed by atoms with Gasteiger partial charge in [-0.05, 0) is 43.3 Å². The third kappa shape index (κ3) is 2.49. The van der Waals surface area contributed by atoms with Crippen LogP contribution in [0.15, 0.2) is 54.9 Å². The molecule has 23 heavy (non-hydrogen) atoms. The van der Waals surface area contributed by atoms with Gasteiger partial charge in [0, 0.05) is 28.5 Å². The second-order valence-corrected chi connectivity index (χ2v) is 5.81. The average Bonchev–Trinajstić information content (AvgIpc) is 2.99. The molecule has 4 rings (SSSR count). The molecule has 0 fully saturated rings. The van der Waals surface area contributed by atoms with Crippen molar-refractivity contribution in [2.75, 3.05) is 5.32 Å². The molecule has 3 heterocycles. The maximum atomic E-state index is 6.12. The number of fused-ring (bicyclic) bond motifs is 2. The predicted molar refractivity (Wildman–Crippen MR) is 91.8 cm³/mol. The van der Waals surface area contributed by atoms with E-state index in [4.69, 9.17) is 11.6 Å². The molecule has 5 nitrogen and oxygen atoms in total. The van der Waals surface area contributed by atoms with Gasteiger partial charge >= 0.3 is 0 Å². The van der Waals surface area contributed by atoms with E-state index in [1.807, 2.05) is 53.1 Å². The molecule has 0 saturated heterocycles. The van der Waals surface area contributed by atoms with Crippen molar-refractivity contribution >= 4 is 33.8 Å². The number of rotatable bonds is 3. The number of hydrogen-bond donors (Lipinski definition) is 1. The number of benzene rings is 1. The Bertz CT molecular complexity index is 995. The number of nitrogens with one attached hydrogen (secondary N) is 1. The van der Waals surface area contributed by atoms with Gasteiger partial charge < -0.3 is 5.32 Å². The molecule has 4 aromatic rings. The summed E-state index contributed by atoms with van der Waals surface area (Å²) < 4.78 is 1.98. The Kier molecular flexibility index (Phi) is 3.35. The van der Waals surface area contributed by atoms with E-state index in [2.05, 4.69) is 27.4 Å². The topological polar surface area (TPSA) is 55.1 Å². The highest BCUT2D eigenvalue weighted by molar-refractivity contribution is 6.31. The van der Waals surface area contributed by atoms with Gasteiger partial charge in [-0.1, -0.05) is 17.7 Å². The fraction of sp³-hybridized carbons (Fsp3) is 0.118. The van der Waals surface area contributed by atoms with Gasteiger partial charge in [0.25, 0.3) is 0 Å². The first-order valence-corrected chi connectivity index (χ1v) is 7.70. The molecule has 1 aromatic carbocycles. The Morgan fingerprint density at radius 2 is 2.04 bits per heavy atom. The third-order valence-electron chi connectivity index (χ3n) is 3.80. The summed E-state index contributed by atoms with van der Waals surface area (Å²) in [6.07, 6.45) is 3.75. The lowest BCUT2D eigenvalue weighted by molar-refractivity contribution is 0.774.